The summed E-state index contributed by atoms with van der Waals surface area (Å²) in [6.07, 6.45) is 5.43. The minimum Gasteiger partial charge on any atom is -0.377 e. The summed E-state index contributed by atoms with van der Waals surface area (Å²) in [5.74, 6) is 0.825. The number of aromatic nitrogens is 2. The van der Waals surface area contributed by atoms with E-state index in [-0.39, 0.29) is 11.7 Å². The van der Waals surface area contributed by atoms with Crippen molar-refractivity contribution in [2.75, 3.05) is 12.4 Å². The van der Waals surface area contributed by atoms with E-state index in [4.69, 9.17) is 9.72 Å². The van der Waals surface area contributed by atoms with Crippen molar-refractivity contribution in [2.24, 2.45) is 0 Å². The van der Waals surface area contributed by atoms with Crippen LogP contribution in [0.2, 0.25) is 0 Å². The Bertz CT molecular complexity index is 989. The fraction of sp³-hybridized carbons (Fsp3) is 0.333. The number of rotatable bonds is 6. The number of hydrogen-bond acceptors (Lipinski definition) is 5. The van der Waals surface area contributed by atoms with Crippen LogP contribution in [0.1, 0.15) is 19.3 Å². The first-order chi connectivity index (χ1) is 13.3. The van der Waals surface area contributed by atoms with E-state index in [0.29, 0.717) is 11.9 Å². The molecule has 1 aliphatic rings. The Labute approximate surface area is 166 Å². The van der Waals surface area contributed by atoms with Crippen molar-refractivity contribution in [1.29, 1.82) is 0 Å². The highest BCUT2D eigenvalue weighted by Crippen LogP contribution is 2.32. The number of nitrogens with zero attached hydrogens (tertiary/aromatic N) is 2. The van der Waals surface area contributed by atoms with E-state index in [2.05, 4.69) is 18.7 Å². The van der Waals surface area contributed by atoms with Gasteiger partial charge in [-0.3, -0.25) is 9.36 Å². The molecule has 1 aliphatic heterocycles. The minimum absolute atomic E-state index is 0.00499. The molecule has 0 radical (unpaired) electrons. The van der Waals surface area contributed by atoms with Crippen molar-refractivity contribution in [1.82, 2.24) is 9.55 Å². The average molecular weight is 399 g/mol. The van der Waals surface area contributed by atoms with Gasteiger partial charge in [-0.2, -0.15) is 0 Å². The first kappa shape index (κ1) is 18.5. The van der Waals surface area contributed by atoms with E-state index in [1.165, 1.54) is 6.42 Å². The summed E-state index contributed by atoms with van der Waals surface area (Å²) in [4.78, 5) is 19.8. The van der Waals surface area contributed by atoms with Crippen LogP contribution in [0, 0.1) is 0 Å². The van der Waals surface area contributed by atoms with E-state index in [1.54, 1.807) is 33.7 Å². The van der Waals surface area contributed by atoms with Gasteiger partial charge in [-0.15, -0.1) is 17.9 Å². The van der Waals surface area contributed by atoms with Crippen LogP contribution in [-0.2, 0) is 11.3 Å². The zero-order valence-corrected chi connectivity index (χ0v) is 16.7. The van der Waals surface area contributed by atoms with Gasteiger partial charge in [0.2, 0.25) is 0 Å². The van der Waals surface area contributed by atoms with Gasteiger partial charge in [0.25, 0.3) is 5.56 Å². The average Bonchev–Trinajstić information content (AvgIpc) is 3.15. The van der Waals surface area contributed by atoms with E-state index >= 15 is 0 Å². The maximum atomic E-state index is 13.1. The molecular weight excluding hydrogens is 376 g/mol. The Morgan fingerprint density at radius 2 is 2.19 bits per heavy atom. The van der Waals surface area contributed by atoms with Gasteiger partial charge >= 0.3 is 0 Å². The summed E-state index contributed by atoms with van der Waals surface area (Å²) in [6.45, 7) is 5.10. The normalized spacial score (nSPS) is 17.3. The van der Waals surface area contributed by atoms with Gasteiger partial charge in [0.05, 0.1) is 11.5 Å². The molecule has 1 fully saturated rings. The Balaban J connectivity index is 1.70. The molecule has 0 N–H and O–H groups in total. The Hall–Kier alpha value is -1.89. The van der Waals surface area contributed by atoms with E-state index in [9.17, 15) is 4.79 Å². The molecule has 1 aromatic carbocycles. The van der Waals surface area contributed by atoms with E-state index in [1.807, 2.05) is 24.3 Å². The molecular formula is C21H22N2O2S2. The molecule has 27 heavy (non-hydrogen) atoms. The Morgan fingerprint density at radius 3 is 2.93 bits per heavy atom. The summed E-state index contributed by atoms with van der Waals surface area (Å²) >= 11 is 3.19. The third-order valence-corrected chi connectivity index (χ3v) is 6.84. The highest BCUT2D eigenvalue weighted by Gasteiger charge is 2.18. The number of fused-ring (bicyclic) bond motifs is 1. The number of allylic oxidation sites excluding steroid dienone is 1. The molecule has 3 heterocycles. The van der Waals surface area contributed by atoms with Crippen LogP contribution in [0.15, 0.2) is 59.0 Å². The fourth-order valence-corrected chi connectivity index (χ4v) is 5.40. The van der Waals surface area contributed by atoms with Gasteiger partial charge < -0.3 is 4.74 Å². The third kappa shape index (κ3) is 4.03. The van der Waals surface area contributed by atoms with Crippen LogP contribution in [0.4, 0.5) is 0 Å². The lowest BCUT2D eigenvalue weighted by atomic mass is 10.1. The largest absolute Gasteiger partial charge is 0.377 e. The Kier molecular flexibility index (Phi) is 5.76. The molecule has 4 rings (SSSR count). The van der Waals surface area contributed by atoms with E-state index < -0.39 is 0 Å². The van der Waals surface area contributed by atoms with Crippen LogP contribution >= 0.6 is 23.1 Å². The molecule has 1 atom stereocenters. The van der Waals surface area contributed by atoms with Crippen LogP contribution in [0.5, 0.6) is 0 Å². The van der Waals surface area contributed by atoms with Crippen molar-refractivity contribution in [3.05, 3.63) is 59.4 Å². The SMILES string of the molecule is C=CCn1c(SC[C@H]2CCCCO2)nc2sc(-c3ccccc3)cc2c1=O. The topological polar surface area (TPSA) is 44.1 Å². The summed E-state index contributed by atoms with van der Waals surface area (Å²) in [5.41, 5.74) is 1.12. The van der Waals surface area contributed by atoms with E-state index in [0.717, 1.165) is 45.6 Å². The van der Waals surface area contributed by atoms with Crippen molar-refractivity contribution in [2.45, 2.75) is 37.1 Å². The summed E-state index contributed by atoms with van der Waals surface area (Å²) in [7, 11) is 0. The molecule has 0 unspecified atom stereocenters. The molecule has 0 spiro atoms. The standard InChI is InChI=1S/C21H22N2O2S2/c1-2-11-23-20(24)17-13-18(15-8-4-3-5-9-15)27-19(17)22-21(23)26-14-16-10-6-7-12-25-16/h2-5,8-9,13,16H,1,6-7,10-12,14H2/t16-/m1/s1. The number of benzene rings is 1. The lowest BCUT2D eigenvalue weighted by Gasteiger charge is -2.22. The van der Waals surface area contributed by atoms with Crippen molar-refractivity contribution in [3.63, 3.8) is 0 Å². The monoisotopic (exact) mass is 398 g/mol. The van der Waals surface area contributed by atoms with Crippen molar-refractivity contribution >= 4 is 33.3 Å². The van der Waals surface area contributed by atoms with Crippen molar-refractivity contribution < 1.29 is 4.74 Å². The van der Waals surface area contributed by atoms with Gasteiger partial charge in [0.15, 0.2) is 5.16 Å². The quantitative estimate of drug-likeness (QED) is 0.334. The molecule has 3 aromatic rings. The zero-order chi connectivity index (χ0) is 18.6. The first-order valence-electron chi connectivity index (χ1n) is 9.21. The zero-order valence-electron chi connectivity index (χ0n) is 15.1. The lowest BCUT2D eigenvalue weighted by Crippen LogP contribution is -2.24. The number of thiophene rings is 1. The minimum atomic E-state index is 0.00499. The molecule has 0 aliphatic carbocycles. The molecule has 6 heteroatoms. The molecule has 140 valence electrons. The predicted molar refractivity (Wildman–Crippen MR) is 114 cm³/mol. The summed E-state index contributed by atoms with van der Waals surface area (Å²) in [5, 5.41) is 1.43. The summed E-state index contributed by atoms with van der Waals surface area (Å²) in [6, 6.07) is 12.1. The number of ether oxygens (including phenoxy) is 1. The fourth-order valence-electron chi connectivity index (χ4n) is 3.25. The number of thioether (sulfide) groups is 1. The maximum Gasteiger partial charge on any atom is 0.263 e. The maximum absolute atomic E-state index is 13.1. The molecule has 1 saturated heterocycles. The lowest BCUT2D eigenvalue weighted by molar-refractivity contribution is 0.0315. The highest BCUT2D eigenvalue weighted by atomic mass is 32.2. The molecule has 0 bridgehead atoms. The predicted octanol–water partition coefficient (Wildman–Crippen LogP) is 4.97. The second-order valence-corrected chi connectivity index (χ2v) is 8.61. The first-order valence-corrected chi connectivity index (χ1v) is 11.0. The van der Waals surface area contributed by atoms with Crippen molar-refractivity contribution in [3.8, 4) is 10.4 Å². The Morgan fingerprint density at radius 1 is 1.33 bits per heavy atom. The van der Waals surface area contributed by atoms with Gasteiger partial charge in [-0.05, 0) is 30.9 Å². The second-order valence-electron chi connectivity index (χ2n) is 6.59. The van der Waals surface area contributed by atoms with Crippen LogP contribution in [-0.4, -0.2) is 28.0 Å². The van der Waals surface area contributed by atoms with Crippen LogP contribution in [0.3, 0.4) is 0 Å². The second kappa shape index (κ2) is 8.42. The summed E-state index contributed by atoms with van der Waals surface area (Å²) < 4.78 is 7.55. The number of hydrogen-bond donors (Lipinski definition) is 0. The molecule has 0 saturated carbocycles. The van der Waals surface area contributed by atoms with Crippen LogP contribution in [0.25, 0.3) is 20.7 Å². The van der Waals surface area contributed by atoms with Gasteiger partial charge in [-0.25, -0.2) is 4.98 Å². The highest BCUT2D eigenvalue weighted by molar-refractivity contribution is 7.99. The van der Waals surface area contributed by atoms with Gasteiger partial charge in [0.1, 0.15) is 4.83 Å². The van der Waals surface area contributed by atoms with Crippen LogP contribution < -0.4 is 5.56 Å². The third-order valence-electron chi connectivity index (χ3n) is 4.66. The molecule has 0 amide bonds. The van der Waals surface area contributed by atoms with Gasteiger partial charge in [-0.1, -0.05) is 48.2 Å². The van der Waals surface area contributed by atoms with Gasteiger partial charge in [0, 0.05) is 23.8 Å². The molecule has 2 aromatic heterocycles. The smallest absolute Gasteiger partial charge is 0.263 e. The molecule has 4 nitrogen and oxygen atoms in total.